The summed E-state index contributed by atoms with van der Waals surface area (Å²) >= 11 is 1.67. The van der Waals surface area contributed by atoms with Gasteiger partial charge in [-0.1, -0.05) is 26.0 Å². The minimum atomic E-state index is -0.497. The van der Waals surface area contributed by atoms with Gasteiger partial charge in [0, 0.05) is 29.4 Å². The van der Waals surface area contributed by atoms with Crippen LogP contribution in [0, 0.1) is 0 Å². The van der Waals surface area contributed by atoms with E-state index in [9.17, 15) is 5.11 Å². The highest BCUT2D eigenvalue weighted by molar-refractivity contribution is 7.12. The molecule has 0 aromatic carbocycles. The van der Waals surface area contributed by atoms with Crippen LogP contribution < -0.4 is 0 Å². The predicted octanol–water partition coefficient (Wildman–Crippen LogP) is 2.45. The number of thiophene rings is 1. The van der Waals surface area contributed by atoms with Crippen LogP contribution in [0.25, 0.3) is 0 Å². The first-order chi connectivity index (χ1) is 8.36. The molecule has 0 aliphatic carbocycles. The summed E-state index contributed by atoms with van der Waals surface area (Å²) in [6, 6.07) is 4.10. The monoisotopic (exact) mass is 265 g/mol. The van der Waals surface area contributed by atoms with Gasteiger partial charge in [-0.05, 0) is 17.5 Å². The second-order valence-corrected chi connectivity index (χ2v) is 6.67. The maximum absolute atomic E-state index is 10.2. The molecule has 2 aromatic heterocycles. The van der Waals surface area contributed by atoms with Crippen LogP contribution in [0.15, 0.2) is 18.3 Å². The fourth-order valence-electron chi connectivity index (χ4n) is 1.72. The quantitative estimate of drug-likeness (QED) is 0.927. The van der Waals surface area contributed by atoms with Crippen molar-refractivity contribution in [2.24, 2.45) is 7.05 Å². The Hall–Kier alpha value is -1.20. The summed E-state index contributed by atoms with van der Waals surface area (Å²) < 4.78 is 1.65. The predicted molar refractivity (Wildman–Crippen MR) is 72.7 cm³/mol. The Kier molecular flexibility index (Phi) is 3.54. The number of hydrogen-bond donors (Lipinski definition) is 1. The lowest BCUT2D eigenvalue weighted by Crippen LogP contribution is -2.07. The van der Waals surface area contributed by atoms with Crippen molar-refractivity contribution in [3.05, 3.63) is 33.8 Å². The number of nitrogens with zero attached hydrogens (tertiary/aromatic N) is 3. The zero-order chi connectivity index (χ0) is 13.3. The SMILES string of the molecule is Cn1cc(CC(O)c2ccc(C(C)(C)C)s2)nn1. The molecule has 0 saturated carbocycles. The molecule has 2 rings (SSSR count). The van der Waals surface area contributed by atoms with E-state index in [2.05, 4.69) is 37.1 Å². The Morgan fingerprint density at radius 2 is 2.11 bits per heavy atom. The first kappa shape index (κ1) is 13.2. The van der Waals surface area contributed by atoms with Crippen molar-refractivity contribution in [3.63, 3.8) is 0 Å². The van der Waals surface area contributed by atoms with Crippen molar-refractivity contribution < 1.29 is 5.11 Å². The largest absolute Gasteiger partial charge is 0.387 e. The molecule has 1 atom stereocenters. The molecule has 1 unspecified atom stereocenters. The van der Waals surface area contributed by atoms with E-state index in [4.69, 9.17) is 0 Å². The van der Waals surface area contributed by atoms with Crippen molar-refractivity contribution in [2.45, 2.75) is 38.7 Å². The molecule has 4 nitrogen and oxygen atoms in total. The number of rotatable bonds is 3. The van der Waals surface area contributed by atoms with E-state index in [0.29, 0.717) is 6.42 Å². The summed E-state index contributed by atoms with van der Waals surface area (Å²) in [5.41, 5.74) is 0.950. The van der Waals surface area contributed by atoms with Crippen LogP contribution >= 0.6 is 11.3 Å². The average Bonchev–Trinajstić information content (AvgIpc) is 2.85. The van der Waals surface area contributed by atoms with Gasteiger partial charge < -0.3 is 5.11 Å². The first-order valence-electron chi connectivity index (χ1n) is 6.00. The van der Waals surface area contributed by atoms with Gasteiger partial charge in [0.25, 0.3) is 0 Å². The summed E-state index contributed by atoms with van der Waals surface area (Å²) in [7, 11) is 1.83. The molecule has 2 heterocycles. The van der Waals surface area contributed by atoms with Crippen LogP contribution in [0.2, 0.25) is 0 Å². The van der Waals surface area contributed by atoms with Crippen LogP contribution in [0.3, 0.4) is 0 Å². The second kappa shape index (κ2) is 4.82. The van der Waals surface area contributed by atoms with Crippen molar-refractivity contribution in [1.29, 1.82) is 0 Å². The van der Waals surface area contributed by atoms with E-state index in [0.717, 1.165) is 10.6 Å². The smallest absolute Gasteiger partial charge is 0.0938 e. The van der Waals surface area contributed by atoms with E-state index in [1.54, 1.807) is 16.0 Å². The van der Waals surface area contributed by atoms with Gasteiger partial charge >= 0.3 is 0 Å². The van der Waals surface area contributed by atoms with Crippen LogP contribution in [-0.4, -0.2) is 20.1 Å². The molecule has 0 amide bonds. The van der Waals surface area contributed by atoms with Gasteiger partial charge in [0.05, 0.1) is 11.8 Å². The third-order valence-electron chi connectivity index (χ3n) is 2.75. The fourth-order valence-corrected chi connectivity index (χ4v) is 2.77. The first-order valence-corrected chi connectivity index (χ1v) is 6.81. The van der Waals surface area contributed by atoms with E-state index in [-0.39, 0.29) is 5.41 Å². The number of hydrogen-bond acceptors (Lipinski definition) is 4. The maximum atomic E-state index is 10.2. The fraction of sp³-hybridized carbons (Fsp3) is 0.538. The van der Waals surface area contributed by atoms with Crippen molar-refractivity contribution in [1.82, 2.24) is 15.0 Å². The lowest BCUT2D eigenvalue weighted by Gasteiger charge is -2.15. The topological polar surface area (TPSA) is 50.9 Å². The summed E-state index contributed by atoms with van der Waals surface area (Å²) in [5.74, 6) is 0. The molecule has 0 spiro atoms. The number of aliphatic hydroxyl groups is 1. The zero-order valence-corrected chi connectivity index (χ0v) is 12.0. The maximum Gasteiger partial charge on any atom is 0.0938 e. The molecule has 0 saturated heterocycles. The number of aromatic nitrogens is 3. The van der Waals surface area contributed by atoms with Crippen molar-refractivity contribution in [2.75, 3.05) is 0 Å². The van der Waals surface area contributed by atoms with Crippen LogP contribution in [0.4, 0.5) is 0 Å². The second-order valence-electron chi connectivity index (χ2n) is 5.56. The van der Waals surface area contributed by atoms with Crippen molar-refractivity contribution in [3.8, 4) is 0 Å². The van der Waals surface area contributed by atoms with Crippen LogP contribution in [0.1, 0.15) is 42.3 Å². The summed E-state index contributed by atoms with van der Waals surface area (Å²) in [6.45, 7) is 6.53. The summed E-state index contributed by atoms with van der Waals surface area (Å²) in [5, 5.41) is 18.1. The molecule has 18 heavy (non-hydrogen) atoms. The molecular weight excluding hydrogens is 246 g/mol. The molecule has 0 aliphatic heterocycles. The van der Waals surface area contributed by atoms with Gasteiger partial charge in [-0.25, -0.2) is 0 Å². The minimum absolute atomic E-state index is 0.134. The lowest BCUT2D eigenvalue weighted by atomic mass is 9.95. The Balaban J connectivity index is 2.09. The Morgan fingerprint density at radius 3 is 2.61 bits per heavy atom. The van der Waals surface area contributed by atoms with Gasteiger partial charge in [-0.15, -0.1) is 16.4 Å². The molecular formula is C13H19N3OS. The zero-order valence-electron chi connectivity index (χ0n) is 11.2. The van der Waals surface area contributed by atoms with E-state index >= 15 is 0 Å². The lowest BCUT2D eigenvalue weighted by molar-refractivity contribution is 0.181. The van der Waals surface area contributed by atoms with E-state index < -0.39 is 6.10 Å². The van der Waals surface area contributed by atoms with E-state index in [1.165, 1.54) is 4.88 Å². The molecule has 2 aromatic rings. The van der Waals surface area contributed by atoms with Crippen LogP contribution in [-0.2, 0) is 18.9 Å². The summed E-state index contributed by atoms with van der Waals surface area (Å²) in [4.78, 5) is 2.28. The van der Waals surface area contributed by atoms with Gasteiger partial charge in [-0.3, -0.25) is 4.68 Å². The molecule has 5 heteroatoms. The van der Waals surface area contributed by atoms with Gasteiger partial charge in [0.1, 0.15) is 0 Å². The van der Waals surface area contributed by atoms with Gasteiger partial charge in [0.15, 0.2) is 0 Å². The standard InChI is InChI=1S/C13H19N3OS/c1-13(2,3)12-6-5-11(18-12)10(17)7-9-8-16(4)15-14-9/h5-6,8,10,17H,7H2,1-4H3. The van der Waals surface area contributed by atoms with E-state index in [1.807, 2.05) is 19.3 Å². The van der Waals surface area contributed by atoms with Gasteiger partial charge in [0.2, 0.25) is 0 Å². The Labute approximate surface area is 111 Å². The highest BCUT2D eigenvalue weighted by atomic mass is 32.1. The highest BCUT2D eigenvalue weighted by Gasteiger charge is 2.19. The average molecular weight is 265 g/mol. The number of aryl methyl sites for hydroxylation is 1. The summed E-state index contributed by atoms with van der Waals surface area (Å²) in [6.07, 6.45) is 1.85. The van der Waals surface area contributed by atoms with Gasteiger partial charge in [-0.2, -0.15) is 0 Å². The molecule has 98 valence electrons. The third-order valence-corrected chi connectivity index (χ3v) is 4.36. The Bertz CT molecular complexity index is 524. The van der Waals surface area contributed by atoms with Crippen molar-refractivity contribution >= 4 is 11.3 Å². The highest BCUT2D eigenvalue weighted by Crippen LogP contribution is 2.33. The number of aliphatic hydroxyl groups excluding tert-OH is 1. The molecule has 0 fully saturated rings. The molecule has 0 bridgehead atoms. The van der Waals surface area contributed by atoms with Crippen LogP contribution in [0.5, 0.6) is 0 Å². The normalized spacial score (nSPS) is 13.8. The molecule has 0 radical (unpaired) electrons. The Morgan fingerprint density at radius 1 is 1.39 bits per heavy atom. The molecule has 0 aliphatic rings. The minimum Gasteiger partial charge on any atom is -0.387 e. The third kappa shape index (κ3) is 2.97. The molecule has 1 N–H and O–H groups in total.